The summed E-state index contributed by atoms with van der Waals surface area (Å²) in [6.45, 7) is 3.25. The molecule has 106 valence electrons. The summed E-state index contributed by atoms with van der Waals surface area (Å²) in [5, 5.41) is 6.68. The van der Waals surface area contributed by atoms with Crippen LogP contribution in [0.1, 0.15) is 18.4 Å². The first kappa shape index (κ1) is 12.4. The van der Waals surface area contributed by atoms with Crippen LogP contribution in [0.3, 0.4) is 0 Å². The summed E-state index contributed by atoms with van der Waals surface area (Å²) in [6, 6.07) is 8.82. The van der Waals surface area contributed by atoms with E-state index in [0.717, 1.165) is 44.1 Å². The molecule has 3 aliphatic rings. The van der Waals surface area contributed by atoms with Gasteiger partial charge in [-0.05, 0) is 43.4 Å². The second-order valence-electron chi connectivity index (χ2n) is 6.26. The lowest BCUT2D eigenvalue weighted by Gasteiger charge is -2.25. The number of nitrogens with zero attached hydrogens (tertiary/aromatic N) is 1. The van der Waals surface area contributed by atoms with Crippen molar-refractivity contribution in [1.82, 2.24) is 10.2 Å². The second kappa shape index (κ2) is 4.86. The monoisotopic (exact) mass is 271 g/mol. The van der Waals surface area contributed by atoms with Crippen LogP contribution in [0, 0.1) is 5.92 Å². The third kappa shape index (κ3) is 2.03. The average molecular weight is 271 g/mol. The highest BCUT2D eigenvalue weighted by Crippen LogP contribution is 2.30. The van der Waals surface area contributed by atoms with Gasteiger partial charge in [0.2, 0.25) is 5.91 Å². The standard InChI is InChI=1S/C16H21N3O/c20-16-15(19-9-12-7-8-17-14(12)10-19)6-5-11-3-1-2-4-13(11)18-16/h1-4,12,14-15,17H,5-10H2,(H,18,20)/t12-,14+,15?/m0/s1. The van der Waals surface area contributed by atoms with E-state index in [9.17, 15) is 4.79 Å². The molecule has 4 rings (SSSR count). The number of amides is 1. The molecule has 3 atom stereocenters. The van der Waals surface area contributed by atoms with E-state index in [2.05, 4.69) is 27.7 Å². The average Bonchev–Trinajstić information content (AvgIpc) is 2.97. The number of hydrogen-bond donors (Lipinski definition) is 2. The molecular formula is C16H21N3O. The Labute approximate surface area is 119 Å². The molecule has 1 unspecified atom stereocenters. The van der Waals surface area contributed by atoms with Crippen molar-refractivity contribution < 1.29 is 4.79 Å². The number of benzene rings is 1. The van der Waals surface area contributed by atoms with Crippen LogP contribution >= 0.6 is 0 Å². The number of carbonyl (C=O) groups excluding carboxylic acids is 1. The van der Waals surface area contributed by atoms with Gasteiger partial charge in [-0.15, -0.1) is 0 Å². The maximum Gasteiger partial charge on any atom is 0.241 e. The van der Waals surface area contributed by atoms with Gasteiger partial charge >= 0.3 is 0 Å². The first-order valence-corrected chi connectivity index (χ1v) is 7.67. The predicted molar refractivity (Wildman–Crippen MR) is 78.7 cm³/mol. The van der Waals surface area contributed by atoms with Crippen molar-refractivity contribution in [2.24, 2.45) is 5.92 Å². The minimum Gasteiger partial charge on any atom is -0.324 e. The van der Waals surface area contributed by atoms with Crippen LogP contribution in [0.15, 0.2) is 24.3 Å². The molecule has 0 radical (unpaired) electrons. The quantitative estimate of drug-likeness (QED) is 0.807. The fourth-order valence-corrected chi connectivity index (χ4v) is 3.99. The molecule has 4 heteroatoms. The summed E-state index contributed by atoms with van der Waals surface area (Å²) in [5.74, 6) is 0.920. The van der Waals surface area contributed by atoms with Crippen LogP contribution in [0.4, 0.5) is 5.69 Å². The molecule has 2 fully saturated rings. The molecule has 0 bridgehead atoms. The predicted octanol–water partition coefficient (Wildman–Crippen LogP) is 1.23. The van der Waals surface area contributed by atoms with E-state index in [1.165, 1.54) is 12.0 Å². The smallest absolute Gasteiger partial charge is 0.241 e. The summed E-state index contributed by atoms with van der Waals surface area (Å²) in [5.41, 5.74) is 2.26. The molecule has 0 spiro atoms. The van der Waals surface area contributed by atoms with Crippen molar-refractivity contribution in [2.45, 2.75) is 31.3 Å². The van der Waals surface area contributed by atoms with Crippen molar-refractivity contribution in [2.75, 3.05) is 25.0 Å². The Balaban J connectivity index is 1.52. The molecule has 2 N–H and O–H groups in total. The van der Waals surface area contributed by atoms with Gasteiger partial charge in [-0.1, -0.05) is 18.2 Å². The minimum atomic E-state index is 0.0369. The number of hydrogen-bond acceptors (Lipinski definition) is 3. The molecule has 3 aliphatic heterocycles. The SMILES string of the molecule is O=C1Nc2ccccc2CCC1N1C[C@@H]2CCN[C@@H]2C1. The summed E-state index contributed by atoms with van der Waals surface area (Å²) in [4.78, 5) is 14.9. The first-order valence-electron chi connectivity index (χ1n) is 7.67. The number of rotatable bonds is 1. The highest BCUT2D eigenvalue weighted by atomic mass is 16.2. The lowest BCUT2D eigenvalue weighted by atomic mass is 10.0. The number of aryl methyl sites for hydroxylation is 1. The van der Waals surface area contributed by atoms with Crippen LogP contribution < -0.4 is 10.6 Å². The third-order valence-corrected chi connectivity index (χ3v) is 5.10. The lowest BCUT2D eigenvalue weighted by molar-refractivity contribution is -0.121. The fraction of sp³-hybridized carbons (Fsp3) is 0.562. The van der Waals surface area contributed by atoms with Crippen molar-refractivity contribution in [3.8, 4) is 0 Å². The second-order valence-corrected chi connectivity index (χ2v) is 6.26. The maximum atomic E-state index is 12.5. The van der Waals surface area contributed by atoms with E-state index in [-0.39, 0.29) is 11.9 Å². The Morgan fingerprint density at radius 1 is 1.15 bits per heavy atom. The Bertz CT molecular complexity index is 518. The van der Waals surface area contributed by atoms with Crippen LogP contribution in [-0.4, -0.2) is 42.5 Å². The molecule has 0 aliphatic carbocycles. The number of para-hydroxylation sites is 1. The molecule has 3 heterocycles. The summed E-state index contributed by atoms with van der Waals surface area (Å²) in [6.07, 6.45) is 3.18. The number of anilines is 1. The Morgan fingerprint density at radius 2 is 2.05 bits per heavy atom. The Morgan fingerprint density at radius 3 is 2.95 bits per heavy atom. The van der Waals surface area contributed by atoms with Gasteiger partial charge in [0, 0.05) is 24.8 Å². The zero-order chi connectivity index (χ0) is 13.5. The zero-order valence-corrected chi connectivity index (χ0v) is 11.6. The van der Waals surface area contributed by atoms with Crippen LogP contribution in [0.2, 0.25) is 0 Å². The summed E-state index contributed by atoms with van der Waals surface area (Å²) >= 11 is 0. The maximum absolute atomic E-state index is 12.5. The highest BCUT2D eigenvalue weighted by molar-refractivity contribution is 5.96. The van der Waals surface area contributed by atoms with E-state index in [0.29, 0.717) is 6.04 Å². The van der Waals surface area contributed by atoms with E-state index >= 15 is 0 Å². The van der Waals surface area contributed by atoms with E-state index in [1.807, 2.05) is 12.1 Å². The molecule has 1 amide bonds. The highest BCUT2D eigenvalue weighted by Gasteiger charge is 2.41. The third-order valence-electron chi connectivity index (χ3n) is 5.10. The largest absolute Gasteiger partial charge is 0.324 e. The van der Waals surface area contributed by atoms with Gasteiger partial charge in [0.1, 0.15) is 0 Å². The zero-order valence-electron chi connectivity index (χ0n) is 11.6. The molecule has 4 nitrogen and oxygen atoms in total. The van der Waals surface area contributed by atoms with Gasteiger partial charge in [-0.25, -0.2) is 0 Å². The van der Waals surface area contributed by atoms with Gasteiger partial charge in [0.15, 0.2) is 0 Å². The van der Waals surface area contributed by atoms with Crippen molar-refractivity contribution in [3.05, 3.63) is 29.8 Å². The number of likely N-dealkylation sites (tertiary alicyclic amines) is 1. The fourth-order valence-electron chi connectivity index (χ4n) is 3.99. The van der Waals surface area contributed by atoms with Gasteiger partial charge in [-0.2, -0.15) is 0 Å². The molecule has 0 saturated carbocycles. The van der Waals surface area contributed by atoms with Crippen molar-refractivity contribution in [1.29, 1.82) is 0 Å². The van der Waals surface area contributed by atoms with Gasteiger partial charge in [0.05, 0.1) is 6.04 Å². The normalized spacial score (nSPS) is 33.4. The molecule has 20 heavy (non-hydrogen) atoms. The molecule has 1 aromatic carbocycles. The number of nitrogens with one attached hydrogen (secondary N) is 2. The molecular weight excluding hydrogens is 250 g/mol. The molecule has 0 aromatic heterocycles. The van der Waals surface area contributed by atoms with Crippen molar-refractivity contribution >= 4 is 11.6 Å². The molecule has 1 aromatic rings. The minimum absolute atomic E-state index is 0.0369. The molecule has 2 saturated heterocycles. The van der Waals surface area contributed by atoms with Gasteiger partial charge in [-0.3, -0.25) is 9.69 Å². The topological polar surface area (TPSA) is 44.4 Å². The van der Waals surface area contributed by atoms with Crippen molar-refractivity contribution in [3.63, 3.8) is 0 Å². The first-order chi connectivity index (χ1) is 9.81. The van der Waals surface area contributed by atoms with E-state index in [4.69, 9.17) is 0 Å². The van der Waals surface area contributed by atoms with E-state index < -0.39 is 0 Å². The Hall–Kier alpha value is -1.39. The van der Waals surface area contributed by atoms with Crippen LogP contribution in [0.25, 0.3) is 0 Å². The summed E-state index contributed by atoms with van der Waals surface area (Å²) < 4.78 is 0. The van der Waals surface area contributed by atoms with Crippen LogP contribution in [0.5, 0.6) is 0 Å². The number of carbonyl (C=O) groups is 1. The van der Waals surface area contributed by atoms with Gasteiger partial charge < -0.3 is 10.6 Å². The van der Waals surface area contributed by atoms with E-state index in [1.54, 1.807) is 0 Å². The number of fused-ring (bicyclic) bond motifs is 2. The van der Waals surface area contributed by atoms with Crippen LogP contribution in [-0.2, 0) is 11.2 Å². The summed E-state index contributed by atoms with van der Waals surface area (Å²) in [7, 11) is 0. The Kier molecular flexibility index (Phi) is 3.00. The van der Waals surface area contributed by atoms with Gasteiger partial charge in [0.25, 0.3) is 0 Å². The lowest BCUT2D eigenvalue weighted by Crippen LogP contribution is -2.44.